The van der Waals surface area contributed by atoms with Crippen molar-refractivity contribution in [1.82, 2.24) is 0 Å². The number of benzene rings is 2. The molecule has 2 aromatic carbocycles. The van der Waals surface area contributed by atoms with Crippen LogP contribution in [0.1, 0.15) is 0 Å². The van der Waals surface area contributed by atoms with Crippen LogP contribution in [0.2, 0.25) is 0 Å². The number of rotatable bonds is 4. The van der Waals surface area contributed by atoms with Crippen LogP contribution in [0.5, 0.6) is 0 Å². The molecule has 0 N–H and O–H groups in total. The van der Waals surface area contributed by atoms with Crippen LogP contribution in [0.15, 0.2) is 75.9 Å². The fraction of sp³-hybridized carbons (Fsp3) is 0. The molecule has 2 aromatic rings. The van der Waals surface area contributed by atoms with E-state index in [1.54, 1.807) is 0 Å². The van der Waals surface area contributed by atoms with Gasteiger partial charge < -0.3 is 0 Å². The molecule has 0 aliphatic carbocycles. The Labute approximate surface area is 110 Å². The van der Waals surface area contributed by atoms with E-state index in [4.69, 9.17) is 0 Å². The first-order chi connectivity index (χ1) is 8.27. The Balaban J connectivity index is 2.09. The molecule has 1 atom stereocenters. The molecule has 0 heterocycles. The summed E-state index contributed by atoms with van der Waals surface area (Å²) in [5, 5.41) is 0. The van der Waals surface area contributed by atoms with Crippen molar-refractivity contribution in [3.05, 3.63) is 71.0 Å². The fourth-order valence-corrected chi connectivity index (χ4v) is 4.83. The van der Waals surface area contributed by atoms with Crippen molar-refractivity contribution in [2.24, 2.45) is 0 Å². The van der Waals surface area contributed by atoms with Gasteiger partial charge in [-0.2, -0.15) is 0 Å². The molecule has 0 fully saturated rings. The van der Waals surface area contributed by atoms with Crippen molar-refractivity contribution >= 4 is 30.2 Å². The van der Waals surface area contributed by atoms with Gasteiger partial charge in [-0.15, -0.1) is 0 Å². The summed E-state index contributed by atoms with van der Waals surface area (Å²) in [7, 11) is -1.10. The van der Waals surface area contributed by atoms with Crippen LogP contribution in [0, 0.1) is 0 Å². The molecule has 0 bridgehead atoms. The van der Waals surface area contributed by atoms with Crippen molar-refractivity contribution in [3.8, 4) is 0 Å². The SMILES string of the molecule is C=C([Se]c1ccccc1)S(=O)c1ccccc1. The molecule has 0 amide bonds. The third kappa shape index (κ3) is 3.40. The zero-order valence-corrected chi connectivity index (χ0v) is 11.7. The molecule has 0 saturated carbocycles. The average Bonchev–Trinajstić information content (AvgIpc) is 2.40. The minimum atomic E-state index is -1.10. The normalized spacial score (nSPS) is 12.0. The van der Waals surface area contributed by atoms with E-state index in [0.29, 0.717) is 0 Å². The molecule has 1 nitrogen and oxygen atoms in total. The zero-order chi connectivity index (χ0) is 12.1. The van der Waals surface area contributed by atoms with Gasteiger partial charge in [0.2, 0.25) is 0 Å². The van der Waals surface area contributed by atoms with Crippen LogP contribution in [0.3, 0.4) is 0 Å². The van der Waals surface area contributed by atoms with Gasteiger partial charge in [-0.1, -0.05) is 0 Å². The van der Waals surface area contributed by atoms with Crippen LogP contribution in [-0.4, -0.2) is 19.2 Å². The van der Waals surface area contributed by atoms with Gasteiger partial charge in [0.15, 0.2) is 0 Å². The Morgan fingerprint density at radius 2 is 1.47 bits per heavy atom. The molecule has 0 aliphatic rings. The molecule has 2 rings (SSSR count). The summed E-state index contributed by atoms with van der Waals surface area (Å²) >= 11 is 0.0575. The third-order valence-electron chi connectivity index (χ3n) is 2.14. The Morgan fingerprint density at radius 3 is 2.06 bits per heavy atom. The summed E-state index contributed by atoms with van der Waals surface area (Å²) in [6.07, 6.45) is 0. The Hall–Kier alpha value is -1.15. The van der Waals surface area contributed by atoms with Crippen LogP contribution in [0.25, 0.3) is 0 Å². The van der Waals surface area contributed by atoms with Gasteiger partial charge in [0.1, 0.15) is 0 Å². The van der Waals surface area contributed by atoms with Crippen LogP contribution in [-0.2, 0) is 10.8 Å². The number of hydrogen-bond donors (Lipinski definition) is 0. The third-order valence-corrected chi connectivity index (χ3v) is 6.18. The molecule has 0 spiro atoms. The molecule has 17 heavy (non-hydrogen) atoms. The van der Waals surface area contributed by atoms with Gasteiger partial charge in [0.25, 0.3) is 0 Å². The fourth-order valence-electron chi connectivity index (χ4n) is 1.33. The maximum atomic E-state index is 12.2. The van der Waals surface area contributed by atoms with Gasteiger partial charge in [0, 0.05) is 0 Å². The molecular formula is C14H12OSSe. The Kier molecular flexibility index (Phi) is 4.32. The van der Waals surface area contributed by atoms with Gasteiger partial charge in [-0.25, -0.2) is 0 Å². The summed E-state index contributed by atoms with van der Waals surface area (Å²) in [5.41, 5.74) is 0. The van der Waals surface area contributed by atoms with E-state index in [2.05, 4.69) is 6.58 Å². The van der Waals surface area contributed by atoms with E-state index in [9.17, 15) is 4.21 Å². The second kappa shape index (κ2) is 5.97. The predicted octanol–water partition coefficient (Wildman–Crippen LogP) is 2.30. The Bertz CT molecular complexity index is 522. The van der Waals surface area contributed by atoms with Crippen molar-refractivity contribution < 1.29 is 4.21 Å². The molecule has 0 radical (unpaired) electrons. The first-order valence-corrected chi connectivity index (χ1v) is 8.02. The summed E-state index contributed by atoms with van der Waals surface area (Å²) in [5.74, 6) is 0. The van der Waals surface area contributed by atoms with Gasteiger partial charge in [0.05, 0.1) is 0 Å². The van der Waals surface area contributed by atoms with E-state index in [0.717, 1.165) is 8.70 Å². The number of hydrogen-bond acceptors (Lipinski definition) is 1. The molecule has 0 aliphatic heterocycles. The maximum absolute atomic E-state index is 12.2. The quantitative estimate of drug-likeness (QED) is 0.792. The monoisotopic (exact) mass is 308 g/mol. The van der Waals surface area contributed by atoms with E-state index >= 15 is 0 Å². The van der Waals surface area contributed by atoms with E-state index in [1.807, 2.05) is 60.7 Å². The predicted molar refractivity (Wildman–Crippen MR) is 73.8 cm³/mol. The van der Waals surface area contributed by atoms with Gasteiger partial charge >= 0.3 is 110 Å². The average molecular weight is 307 g/mol. The minimum absolute atomic E-state index is 0.0575. The molecule has 3 heteroatoms. The van der Waals surface area contributed by atoms with E-state index in [-0.39, 0.29) is 15.0 Å². The van der Waals surface area contributed by atoms with Crippen LogP contribution < -0.4 is 4.46 Å². The van der Waals surface area contributed by atoms with Gasteiger partial charge in [-0.05, 0) is 0 Å². The summed E-state index contributed by atoms with van der Waals surface area (Å²) in [6.45, 7) is 3.95. The van der Waals surface area contributed by atoms with Crippen molar-refractivity contribution in [2.45, 2.75) is 4.90 Å². The second-order valence-corrected chi connectivity index (χ2v) is 7.91. The van der Waals surface area contributed by atoms with Crippen LogP contribution in [0.4, 0.5) is 0 Å². The first kappa shape index (κ1) is 12.3. The summed E-state index contributed by atoms with van der Waals surface area (Å²) in [4.78, 5) is 0.829. The molecule has 0 saturated heterocycles. The van der Waals surface area contributed by atoms with E-state index in [1.165, 1.54) is 4.46 Å². The standard InChI is InChI=1S/C14H12OSSe/c1-12(17-14-10-6-3-7-11-14)16(15)13-8-4-2-5-9-13/h2-11H,1H2. The summed E-state index contributed by atoms with van der Waals surface area (Å²) in [6, 6.07) is 19.5. The van der Waals surface area contributed by atoms with Crippen LogP contribution >= 0.6 is 0 Å². The van der Waals surface area contributed by atoms with Gasteiger partial charge in [-0.3, -0.25) is 0 Å². The van der Waals surface area contributed by atoms with Crippen molar-refractivity contribution in [1.29, 1.82) is 0 Å². The first-order valence-electron chi connectivity index (χ1n) is 5.16. The summed E-state index contributed by atoms with van der Waals surface area (Å²) < 4.78 is 14.2. The molecular weight excluding hydrogens is 295 g/mol. The molecule has 86 valence electrons. The molecule has 1 unspecified atom stereocenters. The topological polar surface area (TPSA) is 17.1 Å². The Morgan fingerprint density at radius 1 is 0.941 bits per heavy atom. The second-order valence-electron chi connectivity index (χ2n) is 3.37. The molecule has 0 aromatic heterocycles. The van der Waals surface area contributed by atoms with Crippen molar-refractivity contribution in [2.75, 3.05) is 0 Å². The zero-order valence-electron chi connectivity index (χ0n) is 9.21. The van der Waals surface area contributed by atoms with E-state index < -0.39 is 10.8 Å². The van der Waals surface area contributed by atoms with Crippen molar-refractivity contribution in [3.63, 3.8) is 0 Å².